The number of benzene rings is 1. The van der Waals surface area contributed by atoms with E-state index in [0.717, 1.165) is 17.2 Å². The van der Waals surface area contributed by atoms with Gasteiger partial charge in [0, 0.05) is 23.9 Å². The summed E-state index contributed by atoms with van der Waals surface area (Å²) in [5.74, 6) is 1.22. The maximum Gasteiger partial charge on any atom is 0.314 e. The Balaban J connectivity index is 2.24. The van der Waals surface area contributed by atoms with E-state index in [1.54, 1.807) is 11.8 Å². The molecule has 9 heteroatoms. The van der Waals surface area contributed by atoms with E-state index in [-0.39, 0.29) is 17.2 Å². The Hall–Kier alpha value is -2.55. The number of carbonyl (C=O) groups is 1. The monoisotopic (exact) mass is 335 g/mol. The minimum Gasteiger partial charge on any atom is -0.496 e. The van der Waals surface area contributed by atoms with Crippen LogP contribution in [0.1, 0.15) is 10.5 Å². The summed E-state index contributed by atoms with van der Waals surface area (Å²) in [6.45, 7) is 0.702. The zero-order valence-corrected chi connectivity index (χ0v) is 13.3. The van der Waals surface area contributed by atoms with Crippen molar-refractivity contribution in [2.75, 3.05) is 20.0 Å². The molecule has 0 bridgehead atoms. The first-order chi connectivity index (χ1) is 11.1. The fraction of sp³-hybridized carbons (Fsp3) is 0.286. The van der Waals surface area contributed by atoms with Crippen LogP contribution in [0, 0.1) is 10.1 Å². The highest BCUT2D eigenvalue weighted by Crippen LogP contribution is 2.42. The number of imidazole rings is 1. The summed E-state index contributed by atoms with van der Waals surface area (Å²) >= 11 is 1.56. The maximum atomic E-state index is 11.5. The van der Waals surface area contributed by atoms with Gasteiger partial charge in [-0.2, -0.15) is 0 Å². The van der Waals surface area contributed by atoms with Gasteiger partial charge in [0.15, 0.2) is 17.2 Å². The molecule has 3 rings (SSSR count). The number of nitro groups is 1. The van der Waals surface area contributed by atoms with Gasteiger partial charge in [-0.05, 0) is 0 Å². The molecule has 0 atom stereocenters. The Labute approximate surface area is 135 Å². The van der Waals surface area contributed by atoms with Crippen LogP contribution in [0.3, 0.4) is 0 Å². The van der Waals surface area contributed by atoms with Crippen molar-refractivity contribution in [3.63, 3.8) is 0 Å². The predicted octanol–water partition coefficient (Wildman–Crippen LogP) is 2.39. The fourth-order valence-electron chi connectivity index (χ4n) is 2.53. The molecular weight excluding hydrogens is 322 g/mol. The molecule has 1 aliphatic heterocycles. The Morgan fingerprint density at radius 3 is 2.70 bits per heavy atom. The molecule has 0 amide bonds. The number of fused-ring (bicyclic) bond motifs is 1. The highest BCUT2D eigenvalue weighted by atomic mass is 32.2. The van der Waals surface area contributed by atoms with Crippen LogP contribution in [0.25, 0.3) is 11.3 Å². The molecule has 0 aliphatic carbocycles. The van der Waals surface area contributed by atoms with Crippen molar-refractivity contribution in [1.29, 1.82) is 0 Å². The SMILES string of the molecule is COc1cc([N+](=O)[O-])c(OC)cc1-c1nc2n(c1C=O)CCS2. The number of hydrogen-bond donors (Lipinski definition) is 0. The van der Waals surface area contributed by atoms with Crippen molar-refractivity contribution >= 4 is 23.7 Å². The van der Waals surface area contributed by atoms with E-state index in [0.29, 0.717) is 23.5 Å². The number of ether oxygens (including phenoxy) is 2. The van der Waals surface area contributed by atoms with Crippen LogP contribution >= 0.6 is 11.8 Å². The number of thioether (sulfide) groups is 1. The number of nitro benzene ring substituents is 1. The molecular formula is C14H13N3O5S. The minimum absolute atomic E-state index is 0.0865. The molecule has 0 radical (unpaired) electrons. The lowest BCUT2D eigenvalue weighted by Crippen LogP contribution is -2.01. The topological polar surface area (TPSA) is 96.5 Å². The fourth-order valence-corrected chi connectivity index (χ4v) is 3.48. The smallest absolute Gasteiger partial charge is 0.314 e. The summed E-state index contributed by atoms with van der Waals surface area (Å²) in [7, 11) is 2.76. The van der Waals surface area contributed by atoms with E-state index in [9.17, 15) is 14.9 Å². The highest BCUT2D eigenvalue weighted by Gasteiger charge is 2.27. The standard InChI is InChI=1S/C14H13N3O5S/c1-21-11-6-9(17(19)20)12(22-2)5-8(11)13-10(7-18)16-3-4-23-14(16)15-13/h5-7H,3-4H2,1-2H3. The lowest BCUT2D eigenvalue weighted by atomic mass is 10.1. The number of aromatic nitrogens is 2. The molecule has 2 heterocycles. The summed E-state index contributed by atoms with van der Waals surface area (Å²) < 4.78 is 12.2. The number of nitrogens with zero attached hydrogens (tertiary/aromatic N) is 3. The predicted molar refractivity (Wildman–Crippen MR) is 83.5 cm³/mol. The lowest BCUT2D eigenvalue weighted by molar-refractivity contribution is -0.385. The zero-order chi connectivity index (χ0) is 16.6. The van der Waals surface area contributed by atoms with Crippen LogP contribution in [0.4, 0.5) is 5.69 Å². The second kappa shape index (κ2) is 5.92. The van der Waals surface area contributed by atoms with Crippen molar-refractivity contribution in [3.05, 3.63) is 27.9 Å². The molecule has 1 aromatic heterocycles. The number of methoxy groups -OCH3 is 2. The summed E-state index contributed by atoms with van der Waals surface area (Å²) in [6, 6.07) is 2.76. The van der Waals surface area contributed by atoms with Gasteiger partial charge in [-0.25, -0.2) is 4.98 Å². The molecule has 0 unspecified atom stereocenters. The Bertz CT molecular complexity index is 802. The summed E-state index contributed by atoms with van der Waals surface area (Å²) in [5.41, 5.74) is 1.15. The Morgan fingerprint density at radius 2 is 2.09 bits per heavy atom. The van der Waals surface area contributed by atoms with E-state index in [2.05, 4.69) is 4.98 Å². The first-order valence-corrected chi connectivity index (χ1v) is 7.68. The maximum absolute atomic E-state index is 11.5. The average Bonchev–Trinajstić information content (AvgIpc) is 3.13. The van der Waals surface area contributed by atoms with Gasteiger partial charge in [0.05, 0.1) is 25.2 Å². The van der Waals surface area contributed by atoms with E-state index >= 15 is 0 Å². The first kappa shape index (κ1) is 15.3. The molecule has 0 fully saturated rings. The summed E-state index contributed by atoms with van der Waals surface area (Å²) in [6.07, 6.45) is 0.741. The van der Waals surface area contributed by atoms with Gasteiger partial charge >= 0.3 is 5.69 Å². The minimum atomic E-state index is -0.547. The van der Waals surface area contributed by atoms with Gasteiger partial charge < -0.3 is 14.0 Å². The Morgan fingerprint density at radius 1 is 1.35 bits per heavy atom. The largest absolute Gasteiger partial charge is 0.496 e. The molecule has 120 valence electrons. The molecule has 8 nitrogen and oxygen atoms in total. The van der Waals surface area contributed by atoms with Crippen LogP contribution in [0.2, 0.25) is 0 Å². The molecule has 0 N–H and O–H groups in total. The molecule has 2 aromatic rings. The molecule has 1 aliphatic rings. The van der Waals surface area contributed by atoms with Crippen LogP contribution in [-0.4, -0.2) is 40.7 Å². The lowest BCUT2D eigenvalue weighted by Gasteiger charge is -2.10. The summed E-state index contributed by atoms with van der Waals surface area (Å²) in [4.78, 5) is 26.6. The number of carbonyl (C=O) groups excluding carboxylic acids is 1. The molecule has 0 saturated carbocycles. The number of aldehydes is 1. The van der Waals surface area contributed by atoms with E-state index in [1.165, 1.54) is 26.4 Å². The average molecular weight is 335 g/mol. The van der Waals surface area contributed by atoms with Crippen molar-refractivity contribution in [1.82, 2.24) is 9.55 Å². The van der Waals surface area contributed by atoms with Crippen LogP contribution < -0.4 is 9.47 Å². The normalized spacial score (nSPS) is 12.8. The Kier molecular flexibility index (Phi) is 3.95. The molecule has 23 heavy (non-hydrogen) atoms. The number of rotatable bonds is 5. The van der Waals surface area contributed by atoms with Gasteiger partial charge in [0.25, 0.3) is 0 Å². The van der Waals surface area contributed by atoms with Crippen LogP contribution in [0.15, 0.2) is 17.3 Å². The molecule has 0 spiro atoms. The third-order valence-electron chi connectivity index (χ3n) is 3.58. The third-order valence-corrected chi connectivity index (χ3v) is 4.54. The zero-order valence-electron chi connectivity index (χ0n) is 12.4. The second-order valence-corrected chi connectivity index (χ2v) is 5.79. The molecule has 1 aromatic carbocycles. The highest BCUT2D eigenvalue weighted by molar-refractivity contribution is 7.99. The quantitative estimate of drug-likeness (QED) is 0.470. The van der Waals surface area contributed by atoms with Gasteiger partial charge in [-0.15, -0.1) is 0 Å². The van der Waals surface area contributed by atoms with Crippen molar-refractivity contribution in [3.8, 4) is 22.8 Å². The van der Waals surface area contributed by atoms with Gasteiger partial charge in [0.2, 0.25) is 0 Å². The van der Waals surface area contributed by atoms with Gasteiger partial charge in [-0.1, -0.05) is 11.8 Å². The van der Waals surface area contributed by atoms with Crippen LogP contribution in [0.5, 0.6) is 11.5 Å². The van der Waals surface area contributed by atoms with Crippen molar-refractivity contribution in [2.24, 2.45) is 0 Å². The third kappa shape index (κ3) is 2.42. The van der Waals surface area contributed by atoms with Crippen LogP contribution in [-0.2, 0) is 6.54 Å². The second-order valence-electron chi connectivity index (χ2n) is 4.73. The first-order valence-electron chi connectivity index (χ1n) is 6.70. The van der Waals surface area contributed by atoms with E-state index in [4.69, 9.17) is 9.47 Å². The van der Waals surface area contributed by atoms with Gasteiger partial charge in [0.1, 0.15) is 17.1 Å². The van der Waals surface area contributed by atoms with E-state index in [1.807, 2.05) is 4.57 Å². The molecule has 0 saturated heterocycles. The number of hydrogen-bond acceptors (Lipinski definition) is 7. The summed E-state index contributed by atoms with van der Waals surface area (Å²) in [5, 5.41) is 11.9. The van der Waals surface area contributed by atoms with E-state index < -0.39 is 4.92 Å². The van der Waals surface area contributed by atoms with Gasteiger partial charge in [-0.3, -0.25) is 14.9 Å². The van der Waals surface area contributed by atoms with Crippen molar-refractivity contribution < 1.29 is 19.2 Å². The van der Waals surface area contributed by atoms with Crippen molar-refractivity contribution in [2.45, 2.75) is 11.7 Å².